The Morgan fingerprint density at radius 2 is 1.53 bits per heavy atom. The molecule has 3 aromatic carbocycles. The molecule has 4 aromatic rings. The van der Waals surface area contributed by atoms with Crippen molar-refractivity contribution in [1.29, 1.82) is 0 Å². The predicted molar refractivity (Wildman–Crippen MR) is 131 cm³/mol. The van der Waals surface area contributed by atoms with Gasteiger partial charge in [-0.15, -0.1) is 16.8 Å². The van der Waals surface area contributed by atoms with Crippen LogP contribution in [0.1, 0.15) is 29.7 Å². The molecule has 4 heteroatoms. The molecule has 160 valence electrons. The summed E-state index contributed by atoms with van der Waals surface area (Å²) in [5.41, 5.74) is 4.23. The van der Waals surface area contributed by atoms with Crippen molar-refractivity contribution in [3.05, 3.63) is 101 Å². The van der Waals surface area contributed by atoms with Crippen LogP contribution in [-0.2, 0) is 18.2 Å². The van der Waals surface area contributed by atoms with Crippen molar-refractivity contribution in [2.24, 2.45) is 0 Å². The first-order valence-electron chi connectivity index (χ1n) is 9.84. The molecule has 0 aliphatic rings. The number of hydrogen-bond acceptors (Lipinski definition) is 1. The first-order valence-corrected chi connectivity index (χ1v) is 13.3. The molecule has 0 radical (unpaired) electrons. The van der Waals surface area contributed by atoms with E-state index in [4.69, 9.17) is 0 Å². The van der Waals surface area contributed by atoms with Gasteiger partial charge >= 0.3 is 27.7 Å². The third-order valence-corrected chi connectivity index (χ3v) is 7.53. The number of fused-ring (bicyclic) bond motifs is 1. The quantitative estimate of drug-likeness (QED) is 0.191. The maximum absolute atomic E-state index is 4.49. The molecule has 0 aliphatic heterocycles. The van der Waals surface area contributed by atoms with E-state index in [1.165, 1.54) is 32.8 Å². The first-order chi connectivity index (χ1) is 14.5. The van der Waals surface area contributed by atoms with E-state index >= 15 is 0 Å². The summed E-state index contributed by atoms with van der Waals surface area (Å²) in [6.45, 7) is 6.60. The van der Waals surface area contributed by atoms with E-state index in [1.54, 1.807) is 0 Å². The average molecular weight is 528 g/mol. The molecule has 0 aliphatic carbocycles. The van der Waals surface area contributed by atoms with Crippen molar-refractivity contribution >= 4 is 27.8 Å². The second-order valence-corrected chi connectivity index (χ2v) is 9.39. The monoisotopic (exact) mass is 527 g/mol. The average Bonchev–Trinajstić information content (AvgIpc) is 3.13. The Morgan fingerprint density at radius 1 is 0.900 bits per heavy atom. The summed E-state index contributed by atoms with van der Waals surface area (Å²) in [4.78, 5) is 2.22. The SMILES string of the molecule is C[C@@H](c1ccc2cc[c-]cc2c1)N(C)C.Cc1cp(-c2ccccc2)cc1C.[Cl][Pd+]. The van der Waals surface area contributed by atoms with Crippen LogP contribution in [-0.4, -0.2) is 19.0 Å². The molecule has 0 unspecified atom stereocenters. The molecular formula is C26H29ClNPPd. The van der Waals surface area contributed by atoms with Crippen LogP contribution in [0.3, 0.4) is 0 Å². The van der Waals surface area contributed by atoms with Gasteiger partial charge in [-0.25, -0.2) is 0 Å². The Kier molecular flexibility index (Phi) is 10.3. The fraction of sp³-hybridized carbons (Fsp3) is 0.231. The Balaban J connectivity index is 0.000000199. The van der Waals surface area contributed by atoms with Gasteiger partial charge in [0.25, 0.3) is 0 Å². The van der Waals surface area contributed by atoms with Crippen molar-refractivity contribution in [3.63, 3.8) is 0 Å². The van der Waals surface area contributed by atoms with Crippen molar-refractivity contribution < 1.29 is 18.2 Å². The van der Waals surface area contributed by atoms with Crippen LogP contribution in [0, 0.1) is 19.9 Å². The summed E-state index contributed by atoms with van der Waals surface area (Å²) in [7, 11) is 8.55. The molecular weight excluding hydrogens is 499 g/mol. The fourth-order valence-electron chi connectivity index (χ4n) is 3.11. The van der Waals surface area contributed by atoms with Gasteiger partial charge in [0.2, 0.25) is 0 Å². The zero-order valence-electron chi connectivity index (χ0n) is 18.2. The fourth-order valence-corrected chi connectivity index (χ4v) is 5.24. The van der Waals surface area contributed by atoms with Crippen LogP contribution >= 0.6 is 17.1 Å². The summed E-state index contributed by atoms with van der Waals surface area (Å²) in [5, 5.41) is 4.00. The van der Waals surface area contributed by atoms with Gasteiger partial charge in [0, 0.05) is 6.04 Å². The van der Waals surface area contributed by atoms with E-state index < -0.39 is 0 Å². The molecule has 1 atom stereocenters. The topological polar surface area (TPSA) is 3.24 Å². The van der Waals surface area contributed by atoms with Gasteiger partial charge in [-0.2, -0.15) is 24.3 Å². The molecule has 0 fully saturated rings. The number of hydrogen-bond donors (Lipinski definition) is 0. The van der Waals surface area contributed by atoms with E-state index in [2.05, 4.69) is 140 Å². The van der Waals surface area contributed by atoms with E-state index in [-0.39, 0.29) is 7.53 Å². The van der Waals surface area contributed by atoms with Crippen molar-refractivity contribution in [3.8, 4) is 5.30 Å². The maximum atomic E-state index is 4.49. The Morgan fingerprint density at radius 3 is 2.13 bits per heavy atom. The van der Waals surface area contributed by atoms with E-state index in [9.17, 15) is 0 Å². The summed E-state index contributed by atoms with van der Waals surface area (Å²) < 4.78 is 0. The van der Waals surface area contributed by atoms with Crippen LogP contribution in [0.15, 0.2) is 78.3 Å². The van der Waals surface area contributed by atoms with Crippen LogP contribution in [0.2, 0.25) is 0 Å². The molecule has 0 saturated heterocycles. The minimum atomic E-state index is -0.143. The molecule has 0 saturated carbocycles. The summed E-state index contributed by atoms with van der Waals surface area (Å²) in [5.74, 6) is 4.78. The molecule has 0 bridgehead atoms. The van der Waals surface area contributed by atoms with Gasteiger partial charge in [-0.3, -0.25) is 0 Å². The van der Waals surface area contributed by atoms with E-state index in [1.807, 2.05) is 12.1 Å². The number of nitrogens with zero attached hydrogens (tertiary/aromatic N) is 1. The second kappa shape index (κ2) is 12.5. The van der Waals surface area contributed by atoms with Crippen molar-refractivity contribution in [1.82, 2.24) is 4.90 Å². The molecule has 0 N–H and O–H groups in total. The predicted octanol–water partition coefficient (Wildman–Crippen LogP) is 8.23. The van der Waals surface area contributed by atoms with Gasteiger partial charge in [0.15, 0.2) is 0 Å². The van der Waals surface area contributed by atoms with Gasteiger partial charge in [-0.05, 0) is 68.5 Å². The molecule has 0 amide bonds. The second-order valence-electron chi connectivity index (χ2n) is 7.54. The number of halogens is 1. The van der Waals surface area contributed by atoms with E-state index in [0.717, 1.165) is 0 Å². The molecule has 1 aromatic heterocycles. The third kappa shape index (κ3) is 6.82. The molecule has 1 nitrogen and oxygen atoms in total. The van der Waals surface area contributed by atoms with Gasteiger partial charge in [0.1, 0.15) is 0 Å². The van der Waals surface area contributed by atoms with Gasteiger partial charge in [0.05, 0.1) is 0 Å². The van der Waals surface area contributed by atoms with Gasteiger partial charge in [-0.1, -0.05) is 50.0 Å². The summed E-state index contributed by atoms with van der Waals surface area (Å²) in [6.07, 6.45) is 0. The van der Waals surface area contributed by atoms with Crippen LogP contribution in [0.4, 0.5) is 0 Å². The van der Waals surface area contributed by atoms with Crippen LogP contribution < -0.4 is 0 Å². The first kappa shape index (κ1) is 24.9. The van der Waals surface area contributed by atoms with Crippen LogP contribution in [0.25, 0.3) is 16.1 Å². The van der Waals surface area contributed by atoms with Crippen molar-refractivity contribution in [2.45, 2.75) is 26.8 Å². The number of aryl methyl sites for hydroxylation is 2. The Hall–Kier alpha value is -1.39. The third-order valence-electron chi connectivity index (χ3n) is 5.31. The number of benzene rings is 3. The zero-order valence-corrected chi connectivity index (χ0v) is 21.4. The molecule has 1 heterocycles. The van der Waals surface area contributed by atoms with Crippen molar-refractivity contribution in [2.75, 3.05) is 14.1 Å². The van der Waals surface area contributed by atoms with Gasteiger partial charge < -0.3 is 4.90 Å². The number of rotatable bonds is 3. The summed E-state index contributed by atoms with van der Waals surface area (Å²) >= 11 is 2.22. The minimum absolute atomic E-state index is 0.143. The normalized spacial score (nSPS) is 11.4. The Labute approximate surface area is 197 Å². The molecule has 30 heavy (non-hydrogen) atoms. The standard InChI is InChI=1S/C14H16N.C12H13P.ClH.Pd/c1-11(15(2)3)13-9-8-12-6-4-5-7-14(12)10-13;1-10-8-13(9-11(10)2)12-6-4-3-5-7-12;;/h4,6-11H,1-3H3;3-9H,1-2H3;1H;/q-1;;;+2/p-1/t11-;;;/m0.../s1. The zero-order chi connectivity index (χ0) is 22.1. The van der Waals surface area contributed by atoms with E-state index in [0.29, 0.717) is 6.04 Å². The Bertz CT molecular complexity index is 1020. The molecule has 4 rings (SSSR count). The summed E-state index contributed by atoms with van der Waals surface area (Å²) in [6, 6.07) is 27.0. The van der Waals surface area contributed by atoms with Crippen LogP contribution in [0.5, 0.6) is 0 Å². The molecule has 0 spiro atoms.